The largest absolute Gasteiger partial charge is 0.463 e. The van der Waals surface area contributed by atoms with Crippen molar-refractivity contribution in [3.05, 3.63) is 0 Å². The number of ether oxygens (including phenoxy) is 2. The Kier molecular flexibility index (Phi) is 6.75. The van der Waals surface area contributed by atoms with E-state index in [1.54, 1.807) is 0 Å². The van der Waals surface area contributed by atoms with Gasteiger partial charge >= 0.3 is 11.9 Å². The van der Waals surface area contributed by atoms with Crippen molar-refractivity contribution in [1.29, 1.82) is 0 Å². The molecule has 2 unspecified atom stereocenters. The van der Waals surface area contributed by atoms with Crippen molar-refractivity contribution in [2.24, 2.45) is 0 Å². The van der Waals surface area contributed by atoms with E-state index in [1.807, 2.05) is 13.8 Å². The van der Waals surface area contributed by atoms with Crippen molar-refractivity contribution < 1.29 is 19.1 Å². The molecule has 0 spiro atoms. The zero-order chi connectivity index (χ0) is 11.8. The van der Waals surface area contributed by atoms with Gasteiger partial charge < -0.3 is 9.47 Å². The Morgan fingerprint density at radius 1 is 0.933 bits per heavy atom. The van der Waals surface area contributed by atoms with Crippen LogP contribution in [0.2, 0.25) is 0 Å². The third-order valence-corrected chi connectivity index (χ3v) is 1.96. The summed E-state index contributed by atoms with van der Waals surface area (Å²) in [6, 6.07) is 0. The van der Waals surface area contributed by atoms with Crippen LogP contribution in [0.4, 0.5) is 0 Å². The van der Waals surface area contributed by atoms with Gasteiger partial charge in [-0.15, -0.1) is 0 Å². The Morgan fingerprint density at radius 2 is 1.27 bits per heavy atom. The predicted molar refractivity (Wildman–Crippen MR) is 56.3 cm³/mol. The Labute approximate surface area is 90.9 Å². The molecule has 0 aliphatic carbocycles. The molecular weight excluding hydrogens is 196 g/mol. The quantitative estimate of drug-likeness (QED) is 0.638. The lowest BCUT2D eigenvalue weighted by Gasteiger charge is -2.14. The number of esters is 2. The summed E-state index contributed by atoms with van der Waals surface area (Å²) in [5.74, 6) is -0.508. The maximum atomic E-state index is 10.6. The molecule has 0 heterocycles. The lowest BCUT2D eigenvalue weighted by atomic mass is 10.1. The molecule has 0 amide bonds. The number of hydrogen-bond donors (Lipinski definition) is 0. The van der Waals surface area contributed by atoms with Gasteiger partial charge in [0.25, 0.3) is 0 Å². The highest BCUT2D eigenvalue weighted by Gasteiger charge is 2.08. The van der Waals surface area contributed by atoms with E-state index < -0.39 is 0 Å². The molecule has 15 heavy (non-hydrogen) atoms. The smallest absolute Gasteiger partial charge is 0.302 e. The molecule has 0 fully saturated rings. The molecule has 0 radical (unpaired) electrons. The summed E-state index contributed by atoms with van der Waals surface area (Å²) in [5.41, 5.74) is 0. The van der Waals surface area contributed by atoms with E-state index in [-0.39, 0.29) is 24.1 Å². The van der Waals surface area contributed by atoms with E-state index in [9.17, 15) is 9.59 Å². The van der Waals surface area contributed by atoms with Crippen molar-refractivity contribution in [2.45, 2.75) is 59.2 Å². The molecule has 0 aliphatic heterocycles. The van der Waals surface area contributed by atoms with Gasteiger partial charge in [-0.25, -0.2) is 0 Å². The molecule has 0 N–H and O–H groups in total. The zero-order valence-electron chi connectivity index (χ0n) is 9.91. The van der Waals surface area contributed by atoms with Gasteiger partial charge in [0, 0.05) is 13.8 Å². The second-order valence-electron chi connectivity index (χ2n) is 3.77. The van der Waals surface area contributed by atoms with Crippen molar-refractivity contribution in [1.82, 2.24) is 0 Å². The summed E-state index contributed by atoms with van der Waals surface area (Å²) in [4.78, 5) is 21.2. The van der Waals surface area contributed by atoms with E-state index in [0.717, 1.165) is 19.3 Å². The van der Waals surface area contributed by atoms with Crippen LogP contribution in [0.3, 0.4) is 0 Å². The van der Waals surface area contributed by atoms with E-state index in [2.05, 4.69) is 0 Å². The molecule has 0 aromatic carbocycles. The highest BCUT2D eigenvalue weighted by atomic mass is 16.5. The van der Waals surface area contributed by atoms with Gasteiger partial charge in [-0.05, 0) is 33.1 Å². The van der Waals surface area contributed by atoms with Gasteiger partial charge in [0.15, 0.2) is 0 Å². The molecule has 0 aliphatic rings. The molecule has 0 saturated carbocycles. The highest BCUT2D eigenvalue weighted by molar-refractivity contribution is 5.66. The summed E-state index contributed by atoms with van der Waals surface area (Å²) in [5, 5.41) is 0. The summed E-state index contributed by atoms with van der Waals surface area (Å²) in [6.45, 7) is 6.52. The molecule has 0 bridgehead atoms. The Balaban J connectivity index is 3.52. The van der Waals surface area contributed by atoms with Gasteiger partial charge in [0.05, 0.1) is 12.2 Å². The molecule has 88 valence electrons. The maximum absolute atomic E-state index is 10.6. The molecule has 0 aromatic rings. The van der Waals surface area contributed by atoms with Crippen molar-refractivity contribution >= 4 is 11.9 Å². The van der Waals surface area contributed by atoms with Gasteiger partial charge in [-0.2, -0.15) is 0 Å². The predicted octanol–water partition coefficient (Wildman–Crippen LogP) is 2.06. The minimum absolute atomic E-state index is 0.0629. The highest BCUT2D eigenvalue weighted by Crippen LogP contribution is 2.09. The Morgan fingerprint density at radius 3 is 1.53 bits per heavy atom. The third-order valence-electron chi connectivity index (χ3n) is 1.96. The molecule has 2 atom stereocenters. The molecule has 0 aromatic heterocycles. The third kappa shape index (κ3) is 9.25. The molecule has 0 rings (SSSR count). The summed E-state index contributed by atoms with van der Waals surface area (Å²) in [6.07, 6.45) is 2.35. The second kappa shape index (κ2) is 7.26. The first kappa shape index (κ1) is 13.9. The van der Waals surface area contributed by atoms with Crippen molar-refractivity contribution in [3.63, 3.8) is 0 Å². The van der Waals surface area contributed by atoms with Crippen LogP contribution in [0.1, 0.15) is 47.0 Å². The van der Waals surface area contributed by atoms with Crippen LogP contribution >= 0.6 is 0 Å². The Hall–Kier alpha value is -1.06. The minimum Gasteiger partial charge on any atom is -0.463 e. The fourth-order valence-corrected chi connectivity index (χ4v) is 1.38. The monoisotopic (exact) mass is 216 g/mol. The minimum atomic E-state index is -0.254. The standard InChI is InChI=1S/C11H20O4/c1-8(14-10(3)12)6-5-7-9(2)15-11(4)13/h8-9H,5-7H2,1-4H3. The number of hydrogen-bond acceptors (Lipinski definition) is 4. The number of carbonyl (C=O) groups excluding carboxylic acids is 2. The number of carbonyl (C=O) groups is 2. The first-order valence-electron chi connectivity index (χ1n) is 5.26. The fourth-order valence-electron chi connectivity index (χ4n) is 1.38. The average molecular weight is 216 g/mol. The van der Waals surface area contributed by atoms with Crippen LogP contribution in [-0.4, -0.2) is 24.1 Å². The molecule has 4 nitrogen and oxygen atoms in total. The van der Waals surface area contributed by atoms with Crippen LogP contribution in [0, 0.1) is 0 Å². The summed E-state index contributed by atoms with van der Waals surface area (Å²) < 4.78 is 9.93. The zero-order valence-corrected chi connectivity index (χ0v) is 9.91. The fraction of sp³-hybridized carbons (Fsp3) is 0.818. The average Bonchev–Trinajstić information content (AvgIpc) is 2.00. The van der Waals surface area contributed by atoms with E-state index in [0.29, 0.717) is 0 Å². The van der Waals surface area contributed by atoms with E-state index >= 15 is 0 Å². The van der Waals surface area contributed by atoms with Gasteiger partial charge in [-0.1, -0.05) is 0 Å². The van der Waals surface area contributed by atoms with Crippen LogP contribution < -0.4 is 0 Å². The lowest BCUT2D eigenvalue weighted by Crippen LogP contribution is -2.15. The first-order valence-corrected chi connectivity index (χ1v) is 5.26. The van der Waals surface area contributed by atoms with Crippen molar-refractivity contribution in [3.8, 4) is 0 Å². The maximum Gasteiger partial charge on any atom is 0.302 e. The molecule has 4 heteroatoms. The van der Waals surface area contributed by atoms with Crippen LogP contribution in [0.5, 0.6) is 0 Å². The van der Waals surface area contributed by atoms with Crippen LogP contribution in [0.15, 0.2) is 0 Å². The van der Waals surface area contributed by atoms with Crippen molar-refractivity contribution in [2.75, 3.05) is 0 Å². The topological polar surface area (TPSA) is 52.6 Å². The van der Waals surface area contributed by atoms with Crippen LogP contribution in [0.25, 0.3) is 0 Å². The van der Waals surface area contributed by atoms with E-state index in [1.165, 1.54) is 13.8 Å². The Bertz CT molecular complexity index is 191. The SMILES string of the molecule is CC(=O)OC(C)CCCC(C)OC(C)=O. The van der Waals surface area contributed by atoms with Gasteiger partial charge in [0.1, 0.15) is 0 Å². The lowest BCUT2D eigenvalue weighted by molar-refractivity contribution is -0.145. The number of rotatable bonds is 6. The van der Waals surface area contributed by atoms with E-state index in [4.69, 9.17) is 9.47 Å². The first-order chi connectivity index (χ1) is 6.91. The molecular formula is C11H20O4. The summed E-state index contributed by atoms with van der Waals surface area (Å²) >= 11 is 0. The summed E-state index contributed by atoms with van der Waals surface area (Å²) in [7, 11) is 0. The van der Waals surface area contributed by atoms with Crippen LogP contribution in [-0.2, 0) is 19.1 Å². The van der Waals surface area contributed by atoms with Gasteiger partial charge in [-0.3, -0.25) is 9.59 Å². The van der Waals surface area contributed by atoms with Gasteiger partial charge in [0.2, 0.25) is 0 Å². The normalized spacial score (nSPS) is 14.1. The second-order valence-corrected chi connectivity index (χ2v) is 3.77. The molecule has 0 saturated heterocycles.